The highest BCUT2D eigenvalue weighted by Crippen LogP contribution is 2.25. The summed E-state index contributed by atoms with van der Waals surface area (Å²) in [5.41, 5.74) is 4.99. The van der Waals surface area contributed by atoms with Gasteiger partial charge in [0.15, 0.2) is 0 Å². The number of carbonyl (C=O) groups excluding carboxylic acids is 2. The molecular weight excluding hydrogens is 495 g/mol. The molecule has 5 rings (SSSR count). The molecule has 2 heterocycles. The van der Waals surface area contributed by atoms with Crippen LogP contribution < -0.4 is 0 Å². The standard InChI is InChI=1S/C31H33FN4O3/c1-21-27(11-12-29-28(21)19-33-34-29)31(38)36(17-18-39-2)20-22-13-15-35(16-14-22)30(37)25-5-3-23(4-6-25)24-7-9-26(32)10-8-24/h3-12,19,22H,13-18,20H2,1-2H3,(H,33,34). The molecule has 1 aromatic heterocycles. The lowest BCUT2D eigenvalue weighted by Crippen LogP contribution is -2.44. The Morgan fingerprint density at radius 3 is 2.36 bits per heavy atom. The van der Waals surface area contributed by atoms with Gasteiger partial charge in [-0.15, -0.1) is 0 Å². The second-order valence-electron chi connectivity index (χ2n) is 10.1. The molecule has 3 aromatic carbocycles. The van der Waals surface area contributed by atoms with E-state index in [0.29, 0.717) is 49.8 Å². The highest BCUT2D eigenvalue weighted by Gasteiger charge is 2.27. The van der Waals surface area contributed by atoms with Crippen molar-refractivity contribution in [3.05, 3.63) is 89.4 Å². The molecule has 0 saturated carbocycles. The minimum absolute atomic E-state index is 0.00704. The summed E-state index contributed by atoms with van der Waals surface area (Å²) in [7, 11) is 1.64. The minimum atomic E-state index is -0.272. The van der Waals surface area contributed by atoms with Crippen molar-refractivity contribution in [1.82, 2.24) is 20.0 Å². The van der Waals surface area contributed by atoms with Crippen LogP contribution in [-0.2, 0) is 4.74 Å². The van der Waals surface area contributed by atoms with Crippen LogP contribution in [0.15, 0.2) is 66.9 Å². The predicted molar refractivity (Wildman–Crippen MR) is 149 cm³/mol. The Labute approximate surface area is 227 Å². The minimum Gasteiger partial charge on any atom is -0.383 e. The average molecular weight is 529 g/mol. The van der Waals surface area contributed by atoms with Gasteiger partial charge in [-0.25, -0.2) is 4.39 Å². The fourth-order valence-corrected chi connectivity index (χ4v) is 5.30. The number of nitrogens with one attached hydrogen (secondary N) is 1. The van der Waals surface area contributed by atoms with Crippen LogP contribution in [0, 0.1) is 18.7 Å². The van der Waals surface area contributed by atoms with Crippen LogP contribution in [0.3, 0.4) is 0 Å². The molecule has 202 valence electrons. The van der Waals surface area contributed by atoms with Gasteiger partial charge in [0.2, 0.25) is 0 Å². The van der Waals surface area contributed by atoms with E-state index in [1.54, 1.807) is 25.4 Å². The van der Waals surface area contributed by atoms with Crippen molar-refractivity contribution in [3.63, 3.8) is 0 Å². The number of hydrogen-bond acceptors (Lipinski definition) is 4. The normalized spacial score (nSPS) is 14.1. The third kappa shape index (κ3) is 5.86. The number of H-pyrrole nitrogens is 1. The van der Waals surface area contributed by atoms with Gasteiger partial charge in [0.05, 0.1) is 18.3 Å². The first-order chi connectivity index (χ1) is 18.9. The summed E-state index contributed by atoms with van der Waals surface area (Å²) in [5.74, 6) is 0.0301. The van der Waals surface area contributed by atoms with Gasteiger partial charge in [0.25, 0.3) is 11.8 Å². The van der Waals surface area contributed by atoms with Crippen LogP contribution in [0.5, 0.6) is 0 Å². The van der Waals surface area contributed by atoms with Crippen LogP contribution in [0.1, 0.15) is 39.1 Å². The molecule has 1 fully saturated rings. The number of carbonyl (C=O) groups is 2. The first kappa shape index (κ1) is 26.6. The van der Waals surface area contributed by atoms with Crippen LogP contribution >= 0.6 is 0 Å². The average Bonchev–Trinajstić information content (AvgIpc) is 3.46. The maximum atomic E-state index is 13.6. The van der Waals surface area contributed by atoms with Gasteiger partial charge in [-0.05, 0) is 78.8 Å². The number of hydrogen-bond donors (Lipinski definition) is 1. The van der Waals surface area contributed by atoms with Crippen molar-refractivity contribution in [3.8, 4) is 11.1 Å². The Kier molecular flexibility index (Phi) is 8.02. The van der Waals surface area contributed by atoms with Crippen molar-refractivity contribution in [2.75, 3.05) is 39.9 Å². The molecule has 0 bridgehead atoms. The van der Waals surface area contributed by atoms with E-state index in [1.807, 2.05) is 53.1 Å². The number of rotatable bonds is 8. The Morgan fingerprint density at radius 1 is 1.03 bits per heavy atom. The predicted octanol–water partition coefficient (Wildman–Crippen LogP) is 5.32. The molecule has 0 unspecified atom stereocenters. The largest absolute Gasteiger partial charge is 0.383 e. The Morgan fingerprint density at radius 2 is 1.69 bits per heavy atom. The Hall–Kier alpha value is -4.04. The molecule has 1 aliphatic rings. The number of benzene rings is 3. The molecule has 0 radical (unpaired) electrons. The van der Waals surface area contributed by atoms with Gasteiger partial charge >= 0.3 is 0 Å². The summed E-state index contributed by atoms with van der Waals surface area (Å²) in [6, 6.07) is 17.5. The second kappa shape index (κ2) is 11.8. The van der Waals surface area contributed by atoms with Crippen molar-refractivity contribution < 1.29 is 18.7 Å². The molecule has 2 amide bonds. The highest BCUT2D eigenvalue weighted by atomic mass is 19.1. The van der Waals surface area contributed by atoms with Crippen molar-refractivity contribution in [2.45, 2.75) is 19.8 Å². The molecule has 1 N–H and O–H groups in total. The Balaban J connectivity index is 1.20. The van der Waals surface area contributed by atoms with E-state index in [9.17, 15) is 14.0 Å². The molecule has 8 heteroatoms. The quantitative estimate of drug-likeness (QED) is 0.336. The lowest BCUT2D eigenvalue weighted by molar-refractivity contribution is 0.0567. The van der Waals surface area contributed by atoms with E-state index in [0.717, 1.165) is 40.4 Å². The molecule has 39 heavy (non-hydrogen) atoms. The van der Waals surface area contributed by atoms with Gasteiger partial charge in [0.1, 0.15) is 5.82 Å². The number of aromatic amines is 1. The lowest BCUT2D eigenvalue weighted by atomic mass is 9.94. The lowest BCUT2D eigenvalue weighted by Gasteiger charge is -2.35. The van der Waals surface area contributed by atoms with Gasteiger partial charge in [0, 0.05) is 49.8 Å². The molecule has 0 atom stereocenters. The van der Waals surface area contributed by atoms with E-state index in [4.69, 9.17) is 4.74 Å². The van der Waals surface area contributed by atoms with Gasteiger partial charge in [-0.1, -0.05) is 24.3 Å². The summed E-state index contributed by atoms with van der Waals surface area (Å²) in [6.07, 6.45) is 3.41. The van der Waals surface area contributed by atoms with Crippen molar-refractivity contribution >= 4 is 22.7 Å². The number of ether oxygens (including phenoxy) is 1. The smallest absolute Gasteiger partial charge is 0.254 e. The zero-order valence-electron chi connectivity index (χ0n) is 22.3. The molecule has 0 aliphatic carbocycles. The summed E-state index contributed by atoms with van der Waals surface area (Å²) < 4.78 is 18.5. The number of halogens is 1. The third-order valence-corrected chi connectivity index (χ3v) is 7.67. The number of piperidine rings is 1. The van der Waals surface area contributed by atoms with Gasteiger partial charge < -0.3 is 14.5 Å². The Bertz CT molecular complexity index is 1440. The van der Waals surface area contributed by atoms with E-state index in [1.165, 1.54) is 12.1 Å². The SMILES string of the molecule is COCCN(CC1CCN(C(=O)c2ccc(-c3ccc(F)cc3)cc2)CC1)C(=O)c1ccc2[nH]ncc2c1C. The van der Waals surface area contributed by atoms with Crippen LogP contribution in [0.25, 0.3) is 22.0 Å². The van der Waals surface area contributed by atoms with E-state index >= 15 is 0 Å². The number of amides is 2. The number of aromatic nitrogens is 2. The van der Waals surface area contributed by atoms with Crippen molar-refractivity contribution in [2.24, 2.45) is 5.92 Å². The number of likely N-dealkylation sites (tertiary alicyclic amines) is 1. The highest BCUT2D eigenvalue weighted by molar-refractivity contribution is 6.00. The topological polar surface area (TPSA) is 78.5 Å². The van der Waals surface area contributed by atoms with Crippen molar-refractivity contribution in [1.29, 1.82) is 0 Å². The van der Waals surface area contributed by atoms with Crippen LogP contribution in [-0.4, -0.2) is 71.7 Å². The maximum absolute atomic E-state index is 13.6. The summed E-state index contributed by atoms with van der Waals surface area (Å²) in [4.78, 5) is 30.5. The zero-order chi connectivity index (χ0) is 27.4. The molecule has 1 saturated heterocycles. The number of aryl methyl sites for hydroxylation is 1. The third-order valence-electron chi connectivity index (χ3n) is 7.67. The first-order valence-electron chi connectivity index (χ1n) is 13.3. The van der Waals surface area contributed by atoms with E-state index in [-0.39, 0.29) is 17.6 Å². The zero-order valence-corrected chi connectivity index (χ0v) is 22.3. The molecule has 7 nitrogen and oxygen atoms in total. The second-order valence-corrected chi connectivity index (χ2v) is 10.1. The molecular formula is C31H33FN4O3. The summed E-state index contributed by atoms with van der Waals surface area (Å²) in [6.45, 7) is 4.85. The number of fused-ring (bicyclic) bond motifs is 1. The van der Waals surface area contributed by atoms with Crippen LogP contribution in [0.2, 0.25) is 0 Å². The maximum Gasteiger partial charge on any atom is 0.254 e. The molecule has 4 aromatic rings. The van der Waals surface area contributed by atoms with E-state index < -0.39 is 0 Å². The summed E-state index contributed by atoms with van der Waals surface area (Å²) >= 11 is 0. The number of methoxy groups -OCH3 is 1. The van der Waals surface area contributed by atoms with Crippen LogP contribution in [0.4, 0.5) is 4.39 Å². The molecule has 0 spiro atoms. The first-order valence-corrected chi connectivity index (χ1v) is 13.3. The molecule has 1 aliphatic heterocycles. The van der Waals surface area contributed by atoms with Gasteiger partial charge in [-0.2, -0.15) is 5.10 Å². The summed E-state index contributed by atoms with van der Waals surface area (Å²) in [5, 5.41) is 8.00. The fraction of sp³-hybridized carbons (Fsp3) is 0.323. The number of nitrogens with zero attached hydrogens (tertiary/aromatic N) is 3. The van der Waals surface area contributed by atoms with Gasteiger partial charge in [-0.3, -0.25) is 14.7 Å². The monoisotopic (exact) mass is 528 g/mol. The fourth-order valence-electron chi connectivity index (χ4n) is 5.30. The van der Waals surface area contributed by atoms with E-state index in [2.05, 4.69) is 10.2 Å².